The molecule has 1 fully saturated rings. The zero-order chi connectivity index (χ0) is 15.7. The molecule has 0 aliphatic carbocycles. The molecule has 22 heavy (non-hydrogen) atoms. The molecule has 2 aliphatic heterocycles. The molecule has 0 saturated carbocycles. The van der Waals surface area contributed by atoms with Crippen LogP contribution in [0.3, 0.4) is 0 Å². The van der Waals surface area contributed by atoms with Gasteiger partial charge in [0.25, 0.3) is 0 Å². The lowest BCUT2D eigenvalue weighted by Crippen LogP contribution is -2.39. The number of primary amides is 1. The first-order valence-electron chi connectivity index (χ1n) is 8.07. The predicted molar refractivity (Wildman–Crippen MR) is 84.0 cm³/mol. The van der Waals surface area contributed by atoms with Gasteiger partial charge in [-0.3, -0.25) is 9.69 Å². The second-order valence-electron chi connectivity index (χ2n) is 6.16. The molecule has 1 aromatic carbocycles. The summed E-state index contributed by atoms with van der Waals surface area (Å²) in [6.07, 6.45) is 2.99. The number of amides is 1. The third kappa shape index (κ3) is 2.90. The molecule has 1 saturated heterocycles. The van der Waals surface area contributed by atoms with E-state index in [1.165, 1.54) is 5.56 Å². The molecule has 1 aromatic rings. The van der Waals surface area contributed by atoms with E-state index in [0.29, 0.717) is 13.2 Å². The summed E-state index contributed by atoms with van der Waals surface area (Å²) in [6, 6.07) is 4.00. The maximum Gasteiger partial charge on any atom is 0.234 e. The Bertz CT molecular complexity index is 573. The van der Waals surface area contributed by atoms with E-state index in [2.05, 4.69) is 24.0 Å². The van der Waals surface area contributed by atoms with Gasteiger partial charge in [0.1, 0.15) is 17.6 Å². The Morgan fingerprint density at radius 3 is 3.05 bits per heavy atom. The van der Waals surface area contributed by atoms with Crippen molar-refractivity contribution in [2.75, 3.05) is 13.2 Å². The SMILES string of the molecule is CCOc1cc2c(cc1CN1CCCC1C(N)=O)OC(C)C2. The quantitative estimate of drug-likeness (QED) is 0.902. The third-order valence-electron chi connectivity index (χ3n) is 4.44. The molecule has 1 amide bonds. The fourth-order valence-corrected chi connectivity index (χ4v) is 3.45. The highest BCUT2D eigenvalue weighted by atomic mass is 16.5. The number of hydrogen-bond donors (Lipinski definition) is 1. The first kappa shape index (κ1) is 15.2. The Morgan fingerprint density at radius 1 is 1.50 bits per heavy atom. The zero-order valence-corrected chi connectivity index (χ0v) is 13.3. The van der Waals surface area contributed by atoms with Crippen molar-refractivity contribution in [1.82, 2.24) is 4.90 Å². The highest BCUT2D eigenvalue weighted by molar-refractivity contribution is 5.80. The molecule has 2 atom stereocenters. The summed E-state index contributed by atoms with van der Waals surface area (Å²) in [6.45, 7) is 6.25. The van der Waals surface area contributed by atoms with Gasteiger partial charge in [-0.25, -0.2) is 0 Å². The van der Waals surface area contributed by atoms with E-state index >= 15 is 0 Å². The minimum atomic E-state index is -0.235. The summed E-state index contributed by atoms with van der Waals surface area (Å²) >= 11 is 0. The van der Waals surface area contributed by atoms with E-state index in [1.807, 2.05) is 6.92 Å². The first-order valence-corrected chi connectivity index (χ1v) is 8.07. The van der Waals surface area contributed by atoms with E-state index in [1.54, 1.807) is 0 Å². The van der Waals surface area contributed by atoms with Gasteiger partial charge >= 0.3 is 0 Å². The highest BCUT2D eigenvalue weighted by Gasteiger charge is 2.30. The lowest BCUT2D eigenvalue weighted by atomic mass is 10.1. The van der Waals surface area contributed by atoms with Crippen LogP contribution < -0.4 is 15.2 Å². The van der Waals surface area contributed by atoms with Gasteiger partial charge in [0.05, 0.1) is 12.6 Å². The Morgan fingerprint density at radius 2 is 2.32 bits per heavy atom. The standard InChI is InChI=1S/C17H24N2O3/c1-3-21-15-8-12-7-11(2)22-16(12)9-13(15)10-19-6-4-5-14(19)17(18)20/h8-9,11,14H,3-7,10H2,1-2H3,(H2,18,20). The summed E-state index contributed by atoms with van der Waals surface area (Å²) in [5.74, 6) is 1.61. The van der Waals surface area contributed by atoms with Gasteiger partial charge in [-0.2, -0.15) is 0 Å². The van der Waals surface area contributed by atoms with Crippen LogP contribution in [0, 0.1) is 0 Å². The number of nitrogens with zero attached hydrogens (tertiary/aromatic N) is 1. The minimum absolute atomic E-state index is 0.164. The summed E-state index contributed by atoms with van der Waals surface area (Å²) < 4.78 is 11.7. The molecule has 5 nitrogen and oxygen atoms in total. The van der Waals surface area contributed by atoms with Crippen LogP contribution in [0.1, 0.15) is 37.8 Å². The molecule has 3 rings (SSSR count). The second kappa shape index (κ2) is 6.16. The lowest BCUT2D eigenvalue weighted by molar-refractivity contribution is -0.122. The third-order valence-corrected chi connectivity index (χ3v) is 4.44. The first-order chi connectivity index (χ1) is 10.6. The number of fused-ring (bicyclic) bond motifs is 1. The number of nitrogens with two attached hydrogens (primary N) is 1. The van der Waals surface area contributed by atoms with Crippen LogP contribution in [0.2, 0.25) is 0 Å². The van der Waals surface area contributed by atoms with Gasteiger partial charge < -0.3 is 15.2 Å². The molecular formula is C17H24N2O3. The van der Waals surface area contributed by atoms with Crippen molar-refractivity contribution in [3.05, 3.63) is 23.3 Å². The molecule has 2 aliphatic rings. The number of carbonyl (C=O) groups excluding carboxylic acids is 1. The van der Waals surface area contributed by atoms with Crippen molar-refractivity contribution in [3.8, 4) is 11.5 Å². The van der Waals surface area contributed by atoms with Gasteiger partial charge in [-0.15, -0.1) is 0 Å². The molecular weight excluding hydrogens is 280 g/mol. The second-order valence-corrected chi connectivity index (χ2v) is 6.16. The van der Waals surface area contributed by atoms with Crippen molar-refractivity contribution >= 4 is 5.91 Å². The molecule has 2 heterocycles. The number of benzene rings is 1. The molecule has 5 heteroatoms. The van der Waals surface area contributed by atoms with E-state index in [4.69, 9.17) is 15.2 Å². The van der Waals surface area contributed by atoms with Gasteiger partial charge in [-0.1, -0.05) is 0 Å². The summed E-state index contributed by atoms with van der Waals surface area (Å²) in [5, 5.41) is 0. The Balaban J connectivity index is 1.86. The number of carbonyl (C=O) groups is 1. The van der Waals surface area contributed by atoms with E-state index in [-0.39, 0.29) is 18.1 Å². The van der Waals surface area contributed by atoms with E-state index < -0.39 is 0 Å². The van der Waals surface area contributed by atoms with Crippen LogP contribution in [0.5, 0.6) is 11.5 Å². The zero-order valence-electron chi connectivity index (χ0n) is 13.3. The Labute approximate surface area is 131 Å². The molecule has 2 unspecified atom stereocenters. The topological polar surface area (TPSA) is 64.8 Å². The van der Waals surface area contributed by atoms with Crippen molar-refractivity contribution in [1.29, 1.82) is 0 Å². The molecule has 0 spiro atoms. The normalized spacial score (nSPS) is 24.1. The Kier molecular flexibility index (Phi) is 4.25. The largest absolute Gasteiger partial charge is 0.494 e. The molecule has 0 bridgehead atoms. The van der Waals surface area contributed by atoms with Crippen LogP contribution in [-0.2, 0) is 17.8 Å². The average molecular weight is 304 g/mol. The molecule has 0 aromatic heterocycles. The van der Waals surface area contributed by atoms with Crippen LogP contribution in [0.25, 0.3) is 0 Å². The van der Waals surface area contributed by atoms with Gasteiger partial charge in [-0.05, 0) is 45.4 Å². The smallest absolute Gasteiger partial charge is 0.234 e. The van der Waals surface area contributed by atoms with Crippen molar-refractivity contribution < 1.29 is 14.3 Å². The lowest BCUT2D eigenvalue weighted by Gasteiger charge is -2.23. The molecule has 0 radical (unpaired) electrons. The maximum atomic E-state index is 11.6. The monoisotopic (exact) mass is 304 g/mol. The van der Waals surface area contributed by atoms with Crippen molar-refractivity contribution in [2.24, 2.45) is 5.73 Å². The van der Waals surface area contributed by atoms with E-state index in [0.717, 1.165) is 42.9 Å². The molecule has 2 N–H and O–H groups in total. The number of likely N-dealkylation sites (tertiary alicyclic amines) is 1. The van der Waals surface area contributed by atoms with Crippen molar-refractivity contribution in [2.45, 2.75) is 51.8 Å². The van der Waals surface area contributed by atoms with Crippen LogP contribution >= 0.6 is 0 Å². The van der Waals surface area contributed by atoms with Crippen LogP contribution in [0.15, 0.2) is 12.1 Å². The van der Waals surface area contributed by atoms with Crippen molar-refractivity contribution in [3.63, 3.8) is 0 Å². The summed E-state index contributed by atoms with van der Waals surface area (Å²) in [5.41, 5.74) is 7.78. The highest BCUT2D eigenvalue weighted by Crippen LogP contribution is 2.36. The molecule has 120 valence electrons. The summed E-state index contributed by atoms with van der Waals surface area (Å²) in [7, 11) is 0. The fourth-order valence-electron chi connectivity index (χ4n) is 3.45. The Hall–Kier alpha value is -1.75. The predicted octanol–water partition coefficient (Wildman–Crippen LogP) is 1.86. The van der Waals surface area contributed by atoms with Crippen LogP contribution in [0.4, 0.5) is 0 Å². The van der Waals surface area contributed by atoms with Gasteiger partial charge in [0, 0.05) is 24.1 Å². The van der Waals surface area contributed by atoms with E-state index in [9.17, 15) is 4.79 Å². The average Bonchev–Trinajstić information content (AvgIpc) is 3.05. The van der Waals surface area contributed by atoms with Gasteiger partial charge in [0.2, 0.25) is 5.91 Å². The van der Waals surface area contributed by atoms with Crippen LogP contribution in [-0.4, -0.2) is 36.1 Å². The van der Waals surface area contributed by atoms with Gasteiger partial charge in [0.15, 0.2) is 0 Å². The minimum Gasteiger partial charge on any atom is -0.494 e. The number of ether oxygens (including phenoxy) is 2. The number of rotatable bonds is 5. The number of hydrogen-bond acceptors (Lipinski definition) is 4. The summed E-state index contributed by atoms with van der Waals surface area (Å²) in [4.78, 5) is 13.7. The fraction of sp³-hybridized carbons (Fsp3) is 0.588. The maximum absolute atomic E-state index is 11.6.